The fourth-order valence-electron chi connectivity index (χ4n) is 2.28. The SMILES string of the molecule is CNC(CC1CCCCN1)c1cccs1. The van der Waals surface area contributed by atoms with Crippen LogP contribution >= 0.6 is 11.3 Å². The topological polar surface area (TPSA) is 24.1 Å². The van der Waals surface area contributed by atoms with Crippen molar-refractivity contribution < 1.29 is 0 Å². The van der Waals surface area contributed by atoms with E-state index in [1.165, 1.54) is 37.1 Å². The molecule has 3 heteroatoms. The molecule has 1 aliphatic rings. The Morgan fingerprint density at radius 2 is 2.53 bits per heavy atom. The molecule has 0 aromatic carbocycles. The number of piperidine rings is 1. The van der Waals surface area contributed by atoms with Crippen LogP contribution in [0.15, 0.2) is 17.5 Å². The van der Waals surface area contributed by atoms with Gasteiger partial charge in [0, 0.05) is 17.0 Å². The van der Waals surface area contributed by atoms with Crippen molar-refractivity contribution >= 4 is 11.3 Å². The van der Waals surface area contributed by atoms with Crippen molar-refractivity contribution in [1.29, 1.82) is 0 Å². The third-order valence-electron chi connectivity index (χ3n) is 3.17. The van der Waals surface area contributed by atoms with Crippen molar-refractivity contribution in [2.24, 2.45) is 0 Å². The Hall–Kier alpha value is -0.380. The Balaban J connectivity index is 1.90. The minimum atomic E-state index is 0.528. The molecule has 1 aromatic heterocycles. The molecule has 0 amide bonds. The van der Waals surface area contributed by atoms with Crippen LogP contribution in [-0.2, 0) is 0 Å². The van der Waals surface area contributed by atoms with Gasteiger partial charge in [-0.2, -0.15) is 0 Å². The zero-order chi connectivity index (χ0) is 10.5. The number of rotatable bonds is 4. The van der Waals surface area contributed by atoms with E-state index in [2.05, 4.69) is 35.2 Å². The summed E-state index contributed by atoms with van der Waals surface area (Å²) >= 11 is 1.85. The maximum Gasteiger partial charge on any atom is 0.0427 e. The van der Waals surface area contributed by atoms with Crippen LogP contribution in [0.2, 0.25) is 0 Å². The van der Waals surface area contributed by atoms with Gasteiger partial charge >= 0.3 is 0 Å². The Morgan fingerprint density at radius 1 is 1.60 bits per heavy atom. The number of hydrogen-bond donors (Lipinski definition) is 2. The highest BCUT2D eigenvalue weighted by Gasteiger charge is 2.18. The molecule has 2 nitrogen and oxygen atoms in total. The molecule has 1 aromatic rings. The van der Waals surface area contributed by atoms with Gasteiger partial charge in [0.25, 0.3) is 0 Å². The Kier molecular flexibility index (Phi) is 4.18. The third kappa shape index (κ3) is 3.03. The van der Waals surface area contributed by atoms with Crippen LogP contribution in [0.3, 0.4) is 0 Å². The first-order valence-corrected chi connectivity index (χ1v) is 6.72. The van der Waals surface area contributed by atoms with E-state index < -0.39 is 0 Å². The van der Waals surface area contributed by atoms with Crippen molar-refractivity contribution in [3.8, 4) is 0 Å². The zero-order valence-electron chi connectivity index (χ0n) is 9.33. The van der Waals surface area contributed by atoms with Gasteiger partial charge in [-0.05, 0) is 44.3 Å². The first kappa shape index (κ1) is 11.1. The number of nitrogens with one attached hydrogen (secondary N) is 2. The van der Waals surface area contributed by atoms with E-state index in [0.29, 0.717) is 12.1 Å². The number of hydrogen-bond acceptors (Lipinski definition) is 3. The first-order chi connectivity index (χ1) is 7.40. The third-order valence-corrected chi connectivity index (χ3v) is 4.15. The molecule has 0 radical (unpaired) electrons. The lowest BCUT2D eigenvalue weighted by molar-refractivity contribution is 0.348. The second kappa shape index (κ2) is 5.64. The highest BCUT2D eigenvalue weighted by Crippen LogP contribution is 2.25. The predicted octanol–water partition coefficient (Wildman–Crippen LogP) is 2.54. The lowest BCUT2D eigenvalue weighted by atomic mass is 9.97. The van der Waals surface area contributed by atoms with Gasteiger partial charge in [-0.1, -0.05) is 12.5 Å². The van der Waals surface area contributed by atoms with Crippen molar-refractivity contribution in [2.75, 3.05) is 13.6 Å². The van der Waals surface area contributed by atoms with Crippen molar-refractivity contribution in [3.63, 3.8) is 0 Å². The molecule has 1 fully saturated rings. The summed E-state index contributed by atoms with van der Waals surface area (Å²) in [6.07, 6.45) is 5.29. The zero-order valence-corrected chi connectivity index (χ0v) is 10.1. The molecule has 84 valence electrons. The molecular formula is C12H20N2S. The van der Waals surface area contributed by atoms with E-state index in [1.807, 2.05) is 11.3 Å². The molecule has 1 saturated heterocycles. The van der Waals surface area contributed by atoms with Gasteiger partial charge in [0.1, 0.15) is 0 Å². The van der Waals surface area contributed by atoms with E-state index in [4.69, 9.17) is 0 Å². The summed E-state index contributed by atoms with van der Waals surface area (Å²) in [6, 6.07) is 5.60. The van der Waals surface area contributed by atoms with Crippen molar-refractivity contribution in [1.82, 2.24) is 10.6 Å². The van der Waals surface area contributed by atoms with Gasteiger partial charge in [0.15, 0.2) is 0 Å². The highest BCUT2D eigenvalue weighted by molar-refractivity contribution is 7.10. The molecule has 2 atom stereocenters. The summed E-state index contributed by atoms with van der Waals surface area (Å²) in [5, 5.41) is 9.19. The summed E-state index contributed by atoms with van der Waals surface area (Å²) in [7, 11) is 2.06. The summed E-state index contributed by atoms with van der Waals surface area (Å²) in [6.45, 7) is 1.20. The van der Waals surface area contributed by atoms with E-state index in [1.54, 1.807) is 0 Å². The second-order valence-corrected chi connectivity index (χ2v) is 5.22. The van der Waals surface area contributed by atoms with Gasteiger partial charge < -0.3 is 10.6 Å². The lowest BCUT2D eigenvalue weighted by Gasteiger charge is -2.27. The van der Waals surface area contributed by atoms with Crippen LogP contribution in [0.5, 0.6) is 0 Å². The molecule has 2 rings (SSSR count). The fraction of sp³-hybridized carbons (Fsp3) is 0.667. The van der Waals surface area contributed by atoms with Gasteiger partial charge in [0.05, 0.1) is 0 Å². The molecule has 2 unspecified atom stereocenters. The van der Waals surface area contributed by atoms with Gasteiger partial charge in [-0.15, -0.1) is 11.3 Å². The summed E-state index contributed by atoms with van der Waals surface area (Å²) in [5.41, 5.74) is 0. The first-order valence-electron chi connectivity index (χ1n) is 5.84. The van der Waals surface area contributed by atoms with Crippen LogP contribution in [0, 0.1) is 0 Å². The molecule has 0 bridgehead atoms. The summed E-state index contributed by atoms with van der Waals surface area (Å²) in [5.74, 6) is 0. The van der Waals surface area contributed by atoms with Crippen molar-refractivity contribution in [2.45, 2.75) is 37.8 Å². The van der Waals surface area contributed by atoms with Crippen LogP contribution in [0.25, 0.3) is 0 Å². The van der Waals surface area contributed by atoms with Gasteiger partial charge in [-0.3, -0.25) is 0 Å². The normalized spacial score (nSPS) is 23.9. The summed E-state index contributed by atoms with van der Waals surface area (Å²) < 4.78 is 0. The van der Waals surface area contributed by atoms with E-state index in [0.717, 1.165) is 0 Å². The molecular weight excluding hydrogens is 204 g/mol. The van der Waals surface area contributed by atoms with Crippen molar-refractivity contribution in [3.05, 3.63) is 22.4 Å². The van der Waals surface area contributed by atoms with E-state index in [9.17, 15) is 0 Å². The highest BCUT2D eigenvalue weighted by atomic mass is 32.1. The van der Waals surface area contributed by atoms with Crippen LogP contribution in [0.1, 0.15) is 36.6 Å². The van der Waals surface area contributed by atoms with E-state index in [-0.39, 0.29) is 0 Å². The average Bonchev–Trinajstić information content (AvgIpc) is 2.81. The predicted molar refractivity (Wildman–Crippen MR) is 66.4 cm³/mol. The standard InChI is InChI=1S/C12H20N2S/c1-13-11(12-6-4-8-15-12)9-10-5-2-3-7-14-10/h4,6,8,10-11,13-14H,2-3,5,7,9H2,1H3. The minimum Gasteiger partial charge on any atom is -0.314 e. The Labute approximate surface area is 96.1 Å². The molecule has 15 heavy (non-hydrogen) atoms. The quantitative estimate of drug-likeness (QED) is 0.821. The minimum absolute atomic E-state index is 0.528. The monoisotopic (exact) mass is 224 g/mol. The molecule has 0 aliphatic carbocycles. The maximum atomic E-state index is 3.61. The second-order valence-electron chi connectivity index (χ2n) is 4.24. The van der Waals surface area contributed by atoms with Crippen LogP contribution < -0.4 is 10.6 Å². The molecule has 0 spiro atoms. The average molecular weight is 224 g/mol. The van der Waals surface area contributed by atoms with E-state index >= 15 is 0 Å². The number of thiophene rings is 1. The van der Waals surface area contributed by atoms with Gasteiger partial charge in [0.2, 0.25) is 0 Å². The Bertz CT molecular complexity index is 265. The van der Waals surface area contributed by atoms with Crippen LogP contribution in [0.4, 0.5) is 0 Å². The molecule has 0 saturated carbocycles. The molecule has 1 aliphatic heterocycles. The smallest absolute Gasteiger partial charge is 0.0427 e. The fourth-order valence-corrected chi connectivity index (χ4v) is 3.13. The Morgan fingerprint density at radius 3 is 3.13 bits per heavy atom. The maximum absolute atomic E-state index is 3.61. The lowest BCUT2D eigenvalue weighted by Crippen LogP contribution is -2.36. The van der Waals surface area contributed by atoms with Gasteiger partial charge in [-0.25, -0.2) is 0 Å². The molecule has 2 heterocycles. The summed E-state index contributed by atoms with van der Waals surface area (Å²) in [4.78, 5) is 1.46. The van der Waals surface area contributed by atoms with Crippen LogP contribution in [-0.4, -0.2) is 19.6 Å². The largest absolute Gasteiger partial charge is 0.314 e. The molecule has 2 N–H and O–H groups in total.